The van der Waals surface area contributed by atoms with E-state index in [0.717, 1.165) is 17.1 Å². The number of aryl methyl sites for hydroxylation is 4. The molecule has 0 saturated carbocycles. The second-order valence-electron chi connectivity index (χ2n) is 6.20. The second kappa shape index (κ2) is 6.03. The summed E-state index contributed by atoms with van der Waals surface area (Å²) in [5.41, 5.74) is 2.56. The Labute approximate surface area is 172 Å². The SMILES string of the molecule is Cc1nc2sc3cc4c(cc3c2n1C)sc1nc(CC[I-]I)n(C)c14. The Morgan fingerprint density at radius 2 is 1.60 bits per heavy atom. The van der Waals surface area contributed by atoms with Gasteiger partial charge in [0.05, 0.1) is 0 Å². The Kier molecular flexibility index (Phi) is 4.03. The van der Waals surface area contributed by atoms with E-state index in [1.807, 2.05) is 11.3 Å². The van der Waals surface area contributed by atoms with E-state index in [9.17, 15) is 0 Å². The van der Waals surface area contributed by atoms with Gasteiger partial charge in [-0.15, -0.1) is 0 Å². The number of nitrogens with zero attached hydrogens (tertiary/aromatic N) is 4. The van der Waals surface area contributed by atoms with E-state index in [-0.39, 0.29) is 0 Å². The van der Waals surface area contributed by atoms with Crippen LogP contribution in [0.2, 0.25) is 0 Å². The number of imidazole rings is 2. The van der Waals surface area contributed by atoms with Crippen LogP contribution in [0.4, 0.5) is 0 Å². The van der Waals surface area contributed by atoms with Gasteiger partial charge in [-0.3, -0.25) is 0 Å². The molecule has 8 heteroatoms. The number of halogens is 2. The monoisotopic (exact) mass is 593 g/mol. The van der Waals surface area contributed by atoms with Crippen molar-refractivity contribution in [3.63, 3.8) is 0 Å². The summed E-state index contributed by atoms with van der Waals surface area (Å²) >= 11 is 6.46. The molecule has 5 aromatic rings. The van der Waals surface area contributed by atoms with Gasteiger partial charge in [0.1, 0.15) is 0 Å². The molecule has 1 aromatic carbocycles. The number of rotatable bonds is 3. The fourth-order valence-electron chi connectivity index (χ4n) is 3.48. The van der Waals surface area contributed by atoms with Gasteiger partial charge in [-0.25, -0.2) is 0 Å². The van der Waals surface area contributed by atoms with Gasteiger partial charge in [-0.2, -0.15) is 0 Å². The van der Waals surface area contributed by atoms with Crippen LogP contribution >= 0.6 is 41.3 Å². The van der Waals surface area contributed by atoms with E-state index >= 15 is 0 Å². The molecule has 0 N–H and O–H groups in total. The summed E-state index contributed by atoms with van der Waals surface area (Å²) in [6.07, 6.45) is 1.10. The summed E-state index contributed by atoms with van der Waals surface area (Å²) in [6, 6.07) is 4.69. The average Bonchev–Trinajstić information content (AvgIpc) is 3.26. The normalized spacial score (nSPS) is 12.6. The topological polar surface area (TPSA) is 35.6 Å². The van der Waals surface area contributed by atoms with E-state index in [1.54, 1.807) is 11.3 Å². The van der Waals surface area contributed by atoms with Crippen LogP contribution in [0.15, 0.2) is 12.1 Å². The van der Waals surface area contributed by atoms with E-state index in [2.05, 4.69) is 60.9 Å². The molecule has 25 heavy (non-hydrogen) atoms. The minimum atomic E-state index is 0.294. The minimum absolute atomic E-state index is 0.294. The van der Waals surface area contributed by atoms with Gasteiger partial charge in [-0.05, 0) is 6.92 Å². The summed E-state index contributed by atoms with van der Waals surface area (Å²) < 4.78 is 8.46. The van der Waals surface area contributed by atoms with Crippen LogP contribution < -0.4 is 17.2 Å². The molecule has 0 spiro atoms. The van der Waals surface area contributed by atoms with Crippen LogP contribution in [0.1, 0.15) is 11.6 Å². The molecule has 0 aliphatic heterocycles. The molecule has 130 valence electrons. The van der Waals surface area contributed by atoms with Gasteiger partial charge >= 0.3 is 167 Å². The average molecular weight is 593 g/mol. The molecule has 4 heterocycles. The zero-order valence-corrected chi connectivity index (χ0v) is 19.9. The molecule has 0 radical (unpaired) electrons. The van der Waals surface area contributed by atoms with Crippen molar-refractivity contribution in [2.45, 2.75) is 13.3 Å². The van der Waals surface area contributed by atoms with Crippen LogP contribution in [0, 0.1) is 6.92 Å². The van der Waals surface area contributed by atoms with Crippen LogP contribution in [-0.4, -0.2) is 23.5 Å². The third kappa shape index (κ3) is 2.39. The molecule has 0 amide bonds. The van der Waals surface area contributed by atoms with E-state index in [4.69, 9.17) is 9.97 Å². The Hall–Kier alpha value is -0.460. The van der Waals surface area contributed by atoms with Gasteiger partial charge in [-0.1, -0.05) is 0 Å². The number of fused-ring (bicyclic) bond motifs is 6. The predicted molar refractivity (Wildman–Crippen MR) is 113 cm³/mol. The van der Waals surface area contributed by atoms with Gasteiger partial charge < -0.3 is 0 Å². The number of benzene rings is 1. The Bertz CT molecular complexity index is 1270. The molecule has 5 rings (SSSR count). The van der Waals surface area contributed by atoms with Gasteiger partial charge in [0.2, 0.25) is 0 Å². The molecule has 0 saturated heterocycles. The van der Waals surface area contributed by atoms with Crippen molar-refractivity contribution in [2.75, 3.05) is 4.43 Å². The first kappa shape index (κ1) is 16.7. The first-order valence-electron chi connectivity index (χ1n) is 7.92. The van der Waals surface area contributed by atoms with Crippen molar-refractivity contribution in [3.8, 4) is 0 Å². The van der Waals surface area contributed by atoms with E-state index < -0.39 is 0 Å². The molecule has 0 fully saturated rings. The summed E-state index contributed by atoms with van der Waals surface area (Å²) in [7, 11) is 4.28. The Balaban J connectivity index is 1.81. The number of aromatic nitrogens is 4. The van der Waals surface area contributed by atoms with Crippen molar-refractivity contribution in [1.82, 2.24) is 19.1 Å². The van der Waals surface area contributed by atoms with Crippen LogP contribution in [0.3, 0.4) is 0 Å². The van der Waals surface area contributed by atoms with Crippen molar-refractivity contribution in [2.24, 2.45) is 14.1 Å². The number of thiophene rings is 2. The second-order valence-corrected chi connectivity index (χ2v) is 13.8. The standard InChI is InChI=1S/C17H15I2N4S2/c1-8-20-16-14(22(8)2)9-6-12-10(7-11(9)24-16)15-17(25-12)21-13(23(15)3)4-5-19-18/h6-7H,4-5H2,1-3H3/q-1. The van der Waals surface area contributed by atoms with Crippen LogP contribution in [0.25, 0.3) is 40.9 Å². The Morgan fingerprint density at radius 1 is 1.00 bits per heavy atom. The van der Waals surface area contributed by atoms with Crippen molar-refractivity contribution < 1.29 is 17.2 Å². The molecule has 0 atom stereocenters. The molecular formula is C17H15I2N4S2-. The van der Waals surface area contributed by atoms with Crippen molar-refractivity contribution in [3.05, 3.63) is 23.8 Å². The summed E-state index contributed by atoms with van der Waals surface area (Å²) in [5.74, 6) is 2.30. The number of alkyl halides is 1. The zero-order chi connectivity index (χ0) is 17.3. The predicted octanol–water partition coefficient (Wildman–Crippen LogP) is 2.18. The fraction of sp³-hybridized carbons (Fsp3) is 0.294. The van der Waals surface area contributed by atoms with E-state index in [1.165, 1.54) is 46.3 Å². The molecule has 0 aliphatic carbocycles. The van der Waals surface area contributed by atoms with Crippen LogP contribution in [-0.2, 0) is 20.5 Å². The Morgan fingerprint density at radius 3 is 2.24 bits per heavy atom. The van der Waals surface area contributed by atoms with Gasteiger partial charge in [0, 0.05) is 0 Å². The summed E-state index contributed by atoms with van der Waals surface area (Å²) in [6.45, 7) is 2.07. The number of hydrogen-bond acceptors (Lipinski definition) is 4. The first-order valence-corrected chi connectivity index (χ1v) is 17.4. The van der Waals surface area contributed by atoms with Gasteiger partial charge in [0.15, 0.2) is 0 Å². The molecule has 4 nitrogen and oxygen atoms in total. The third-order valence-electron chi connectivity index (χ3n) is 4.84. The number of hydrogen-bond donors (Lipinski definition) is 0. The molecule has 0 aliphatic rings. The van der Waals surface area contributed by atoms with Crippen molar-refractivity contribution >= 4 is 82.2 Å². The van der Waals surface area contributed by atoms with Crippen LogP contribution in [0.5, 0.6) is 0 Å². The maximum absolute atomic E-state index is 4.93. The maximum atomic E-state index is 4.93. The molecule has 0 bridgehead atoms. The fourth-order valence-corrected chi connectivity index (χ4v) is 7.85. The molecule has 4 aromatic heterocycles. The third-order valence-corrected chi connectivity index (χ3v) is 10.6. The summed E-state index contributed by atoms with van der Waals surface area (Å²) in [4.78, 5) is 12.0. The van der Waals surface area contributed by atoms with E-state index in [0.29, 0.717) is 17.2 Å². The zero-order valence-electron chi connectivity index (χ0n) is 13.9. The quantitative estimate of drug-likeness (QED) is 0.238. The summed E-state index contributed by atoms with van der Waals surface area (Å²) in [5, 5.41) is 2.65. The first-order chi connectivity index (χ1) is 12.1. The van der Waals surface area contributed by atoms with Crippen molar-refractivity contribution in [1.29, 1.82) is 0 Å². The molecule has 0 unspecified atom stereocenters. The van der Waals surface area contributed by atoms with Gasteiger partial charge in [0.25, 0.3) is 0 Å². The molecular weight excluding hydrogens is 578 g/mol.